The molecule has 1 aliphatic heterocycles. The lowest BCUT2D eigenvalue weighted by Gasteiger charge is -2.12. The van der Waals surface area contributed by atoms with Crippen molar-refractivity contribution in [2.75, 3.05) is 20.3 Å². The molecule has 1 aliphatic rings. The summed E-state index contributed by atoms with van der Waals surface area (Å²) in [6, 6.07) is 3.33. The molecule has 1 aromatic rings. The molecule has 0 N–H and O–H groups in total. The van der Waals surface area contributed by atoms with E-state index in [1.165, 1.54) is 7.11 Å². The van der Waals surface area contributed by atoms with Crippen molar-refractivity contribution >= 4 is 40.6 Å². The largest absolute Gasteiger partial charge is 0.493 e. The Kier molecular flexibility index (Phi) is 5.59. The third kappa shape index (κ3) is 3.63. The third-order valence-corrected chi connectivity index (χ3v) is 4.15. The number of imide groups is 1. The van der Waals surface area contributed by atoms with Gasteiger partial charge in [-0.25, -0.2) is 0 Å². The zero-order chi connectivity index (χ0) is 17.0. The normalized spacial score (nSPS) is 15.9. The number of terminal acetylenes is 1. The highest BCUT2D eigenvalue weighted by molar-refractivity contribution is 8.18. The first-order valence-corrected chi connectivity index (χ1v) is 7.90. The van der Waals surface area contributed by atoms with Crippen LogP contribution in [0.25, 0.3) is 6.08 Å². The Hall–Kier alpha value is -2.10. The Morgan fingerprint density at radius 3 is 2.78 bits per heavy atom. The van der Waals surface area contributed by atoms with Crippen molar-refractivity contribution in [3.05, 3.63) is 27.6 Å². The summed E-state index contributed by atoms with van der Waals surface area (Å²) in [6.07, 6.45) is 6.74. The van der Waals surface area contributed by atoms with E-state index in [1.807, 2.05) is 6.92 Å². The summed E-state index contributed by atoms with van der Waals surface area (Å²) in [7, 11) is 1.50. The lowest BCUT2D eigenvalue weighted by atomic mass is 10.1. The number of methoxy groups -OCH3 is 1. The van der Waals surface area contributed by atoms with E-state index in [4.69, 9.17) is 27.5 Å². The van der Waals surface area contributed by atoms with Crippen LogP contribution in [-0.2, 0) is 4.79 Å². The van der Waals surface area contributed by atoms with Gasteiger partial charge in [0.2, 0.25) is 0 Å². The minimum absolute atomic E-state index is 0.0463. The molecule has 2 amide bonds. The van der Waals surface area contributed by atoms with Gasteiger partial charge in [0.25, 0.3) is 11.1 Å². The molecular formula is C16H14ClNO4S. The van der Waals surface area contributed by atoms with Crippen molar-refractivity contribution in [1.82, 2.24) is 4.90 Å². The number of hydrogen-bond acceptors (Lipinski definition) is 5. The fraction of sp³-hybridized carbons (Fsp3) is 0.250. The monoisotopic (exact) mass is 351 g/mol. The summed E-state index contributed by atoms with van der Waals surface area (Å²) in [5, 5.41) is -0.0245. The van der Waals surface area contributed by atoms with Crippen LogP contribution in [0.2, 0.25) is 5.02 Å². The third-order valence-electron chi connectivity index (χ3n) is 2.96. The second kappa shape index (κ2) is 7.44. The van der Waals surface area contributed by atoms with Crippen LogP contribution < -0.4 is 9.47 Å². The zero-order valence-electron chi connectivity index (χ0n) is 12.6. The summed E-state index contributed by atoms with van der Waals surface area (Å²) in [4.78, 5) is 25.2. The fourth-order valence-electron chi connectivity index (χ4n) is 1.99. The van der Waals surface area contributed by atoms with Gasteiger partial charge in [-0.15, -0.1) is 6.42 Å². The molecule has 1 fully saturated rings. The molecule has 1 aromatic carbocycles. The van der Waals surface area contributed by atoms with Gasteiger partial charge in [0.15, 0.2) is 11.5 Å². The van der Waals surface area contributed by atoms with Crippen molar-refractivity contribution in [2.45, 2.75) is 6.92 Å². The van der Waals surface area contributed by atoms with E-state index in [0.717, 1.165) is 16.7 Å². The quantitative estimate of drug-likeness (QED) is 0.601. The number of rotatable bonds is 5. The first-order valence-electron chi connectivity index (χ1n) is 6.71. The summed E-state index contributed by atoms with van der Waals surface area (Å²) >= 11 is 7.03. The number of carbonyl (C=O) groups is 2. The van der Waals surface area contributed by atoms with Crippen molar-refractivity contribution in [1.29, 1.82) is 0 Å². The molecule has 2 rings (SSSR count). The average Bonchev–Trinajstić information content (AvgIpc) is 2.77. The molecular weight excluding hydrogens is 338 g/mol. The number of ether oxygens (including phenoxy) is 2. The number of benzene rings is 1. The van der Waals surface area contributed by atoms with E-state index in [9.17, 15) is 9.59 Å². The topological polar surface area (TPSA) is 55.8 Å². The second-order valence-electron chi connectivity index (χ2n) is 4.44. The molecule has 0 aliphatic carbocycles. The van der Waals surface area contributed by atoms with Gasteiger partial charge < -0.3 is 9.47 Å². The molecule has 1 heterocycles. The smallest absolute Gasteiger partial charge is 0.294 e. The van der Waals surface area contributed by atoms with Crippen molar-refractivity contribution in [3.8, 4) is 23.8 Å². The minimum atomic E-state index is -0.415. The van der Waals surface area contributed by atoms with Crippen LogP contribution in [0.1, 0.15) is 12.5 Å². The predicted octanol–water partition coefficient (Wildman–Crippen LogP) is 3.42. The highest BCUT2D eigenvalue weighted by Crippen LogP contribution is 2.38. The maximum absolute atomic E-state index is 12.2. The lowest BCUT2D eigenvalue weighted by molar-refractivity contribution is -0.122. The maximum atomic E-state index is 12.2. The second-order valence-corrected chi connectivity index (χ2v) is 5.84. The van der Waals surface area contributed by atoms with E-state index < -0.39 is 5.91 Å². The van der Waals surface area contributed by atoms with E-state index in [0.29, 0.717) is 28.7 Å². The van der Waals surface area contributed by atoms with Gasteiger partial charge in [-0.05, 0) is 42.5 Å². The molecule has 5 nitrogen and oxygen atoms in total. The Balaban J connectivity index is 2.37. The predicted molar refractivity (Wildman–Crippen MR) is 90.7 cm³/mol. The molecule has 0 aromatic heterocycles. The molecule has 120 valence electrons. The highest BCUT2D eigenvalue weighted by Gasteiger charge is 2.34. The van der Waals surface area contributed by atoms with Gasteiger partial charge in [-0.1, -0.05) is 17.5 Å². The Morgan fingerprint density at radius 1 is 1.43 bits per heavy atom. The Bertz CT molecular complexity index is 724. The lowest BCUT2D eigenvalue weighted by Crippen LogP contribution is -2.28. The number of nitrogens with zero attached hydrogens (tertiary/aromatic N) is 1. The van der Waals surface area contributed by atoms with Gasteiger partial charge in [-0.2, -0.15) is 0 Å². The number of thioether (sulfide) groups is 1. The molecule has 0 bridgehead atoms. The SMILES string of the molecule is C#CCN1C(=O)S/C(=C/c2cc(Cl)c(OCC)c(OC)c2)C1=O. The van der Waals surface area contributed by atoms with E-state index in [1.54, 1.807) is 18.2 Å². The summed E-state index contributed by atoms with van der Waals surface area (Å²) < 4.78 is 10.7. The van der Waals surface area contributed by atoms with Crippen molar-refractivity contribution < 1.29 is 19.1 Å². The number of carbonyl (C=O) groups excluding carboxylic acids is 2. The first-order chi connectivity index (χ1) is 11.0. The minimum Gasteiger partial charge on any atom is -0.493 e. The molecule has 23 heavy (non-hydrogen) atoms. The fourth-order valence-corrected chi connectivity index (χ4v) is 3.10. The summed E-state index contributed by atoms with van der Waals surface area (Å²) in [5.74, 6) is 2.77. The Morgan fingerprint density at radius 2 is 2.17 bits per heavy atom. The Labute approximate surface area is 143 Å². The number of hydrogen-bond donors (Lipinski definition) is 0. The van der Waals surface area contributed by atoms with Crippen LogP contribution in [0.4, 0.5) is 4.79 Å². The molecule has 0 saturated carbocycles. The first kappa shape index (κ1) is 17.3. The van der Waals surface area contributed by atoms with E-state index in [-0.39, 0.29) is 16.7 Å². The van der Waals surface area contributed by atoms with Gasteiger partial charge in [-0.3, -0.25) is 14.5 Å². The zero-order valence-corrected chi connectivity index (χ0v) is 14.2. The molecule has 0 spiro atoms. The van der Waals surface area contributed by atoms with E-state index >= 15 is 0 Å². The van der Waals surface area contributed by atoms with Crippen molar-refractivity contribution in [2.24, 2.45) is 0 Å². The van der Waals surface area contributed by atoms with Gasteiger partial charge in [0.05, 0.1) is 30.2 Å². The standard InChI is InChI=1S/C16H14ClNO4S/c1-4-6-18-15(19)13(23-16(18)20)9-10-7-11(17)14(22-5-2)12(8-10)21-3/h1,7-9H,5-6H2,2-3H3/b13-9+. The van der Waals surface area contributed by atoms with Gasteiger partial charge >= 0.3 is 0 Å². The molecule has 0 radical (unpaired) electrons. The van der Waals surface area contributed by atoms with Crippen LogP contribution in [0.3, 0.4) is 0 Å². The molecule has 0 unspecified atom stereocenters. The van der Waals surface area contributed by atoms with Crippen LogP contribution >= 0.6 is 23.4 Å². The number of amides is 2. The van der Waals surface area contributed by atoms with Gasteiger partial charge in [0.1, 0.15) is 0 Å². The van der Waals surface area contributed by atoms with Crippen LogP contribution in [0.15, 0.2) is 17.0 Å². The van der Waals surface area contributed by atoms with E-state index in [2.05, 4.69) is 5.92 Å². The average molecular weight is 352 g/mol. The van der Waals surface area contributed by atoms with Crippen molar-refractivity contribution in [3.63, 3.8) is 0 Å². The van der Waals surface area contributed by atoms with Crippen LogP contribution in [0.5, 0.6) is 11.5 Å². The summed E-state index contributed by atoms with van der Waals surface area (Å²) in [5.41, 5.74) is 0.626. The molecule has 7 heteroatoms. The molecule has 0 atom stereocenters. The van der Waals surface area contributed by atoms with Crippen LogP contribution in [-0.4, -0.2) is 36.3 Å². The van der Waals surface area contributed by atoms with Crippen LogP contribution in [0, 0.1) is 12.3 Å². The van der Waals surface area contributed by atoms with Gasteiger partial charge in [0, 0.05) is 0 Å². The summed E-state index contributed by atoms with van der Waals surface area (Å²) in [6.45, 7) is 2.24. The molecule has 1 saturated heterocycles. The number of halogens is 1. The maximum Gasteiger partial charge on any atom is 0.294 e. The highest BCUT2D eigenvalue weighted by atomic mass is 35.5.